The second-order valence-electron chi connectivity index (χ2n) is 8.94. The van der Waals surface area contributed by atoms with E-state index >= 15 is 0 Å². The number of rotatable bonds is 2. The molecule has 1 N–H and O–H groups in total. The zero-order valence-corrected chi connectivity index (χ0v) is 19.1. The molecule has 3 heterocycles. The van der Waals surface area contributed by atoms with Crippen molar-refractivity contribution >= 4 is 22.2 Å². The standard InChI is InChI=1S/C26H20F3N5O/c1-25(2,3)34-15-32-20-11-9-17(12-21(20)34)19-14-31-24-23(19)33-18(13-30-24)10-8-16-6-4-5-7-22(16)35-26(27,28)29/h4-7,9,11-15H,1-3H3,(H,30,31). The van der Waals surface area contributed by atoms with E-state index in [4.69, 9.17) is 0 Å². The molecule has 0 aliphatic heterocycles. The third-order valence-electron chi connectivity index (χ3n) is 5.40. The van der Waals surface area contributed by atoms with Crippen LogP contribution in [0.15, 0.2) is 61.2 Å². The molecule has 3 aromatic heterocycles. The van der Waals surface area contributed by atoms with Crippen molar-refractivity contribution in [2.24, 2.45) is 0 Å². The zero-order valence-electron chi connectivity index (χ0n) is 19.1. The largest absolute Gasteiger partial charge is 0.573 e. The molecule has 5 aromatic rings. The Morgan fingerprint density at radius 2 is 1.80 bits per heavy atom. The first-order chi connectivity index (χ1) is 16.6. The number of hydrogen-bond donors (Lipinski definition) is 1. The van der Waals surface area contributed by atoms with E-state index in [0.29, 0.717) is 16.9 Å². The first kappa shape index (κ1) is 22.5. The summed E-state index contributed by atoms with van der Waals surface area (Å²) >= 11 is 0. The number of ether oxygens (including phenoxy) is 1. The summed E-state index contributed by atoms with van der Waals surface area (Å²) in [6.45, 7) is 6.34. The maximum atomic E-state index is 12.7. The van der Waals surface area contributed by atoms with Crippen LogP contribution in [-0.4, -0.2) is 30.9 Å². The number of aromatic amines is 1. The fraction of sp³-hybridized carbons (Fsp3) is 0.192. The van der Waals surface area contributed by atoms with Gasteiger partial charge in [0.25, 0.3) is 0 Å². The Bertz CT molecular complexity index is 1610. The van der Waals surface area contributed by atoms with Crippen LogP contribution in [0, 0.1) is 11.8 Å². The zero-order chi connectivity index (χ0) is 24.8. The molecule has 0 atom stereocenters. The van der Waals surface area contributed by atoms with Crippen molar-refractivity contribution in [1.82, 2.24) is 24.5 Å². The summed E-state index contributed by atoms with van der Waals surface area (Å²) < 4.78 is 44.3. The fourth-order valence-electron chi connectivity index (χ4n) is 3.80. The molecule has 0 aliphatic rings. The van der Waals surface area contributed by atoms with Crippen LogP contribution in [0.1, 0.15) is 32.0 Å². The molecule has 0 saturated heterocycles. The minimum Gasteiger partial charge on any atom is -0.404 e. The molecule has 9 heteroatoms. The second-order valence-corrected chi connectivity index (χ2v) is 8.94. The van der Waals surface area contributed by atoms with Crippen molar-refractivity contribution in [2.45, 2.75) is 32.7 Å². The maximum absolute atomic E-state index is 12.7. The molecular weight excluding hydrogens is 455 g/mol. The molecule has 6 nitrogen and oxygen atoms in total. The summed E-state index contributed by atoms with van der Waals surface area (Å²) in [4.78, 5) is 16.6. The number of halogens is 3. The Morgan fingerprint density at radius 1 is 1.00 bits per heavy atom. The lowest BCUT2D eigenvalue weighted by Gasteiger charge is -2.21. The number of fused-ring (bicyclic) bond motifs is 2. The lowest BCUT2D eigenvalue weighted by Crippen LogP contribution is -2.20. The van der Waals surface area contributed by atoms with Gasteiger partial charge in [-0.05, 0) is 56.5 Å². The van der Waals surface area contributed by atoms with Gasteiger partial charge in [0.2, 0.25) is 0 Å². The first-order valence-corrected chi connectivity index (χ1v) is 10.8. The molecule has 0 unspecified atom stereocenters. The van der Waals surface area contributed by atoms with Crippen molar-refractivity contribution in [1.29, 1.82) is 0 Å². The van der Waals surface area contributed by atoms with Crippen LogP contribution in [0.2, 0.25) is 0 Å². The van der Waals surface area contributed by atoms with Gasteiger partial charge in [0.05, 0.1) is 29.1 Å². The monoisotopic (exact) mass is 475 g/mol. The third-order valence-corrected chi connectivity index (χ3v) is 5.40. The maximum Gasteiger partial charge on any atom is 0.573 e. The quantitative estimate of drug-likeness (QED) is 0.317. The summed E-state index contributed by atoms with van der Waals surface area (Å²) in [7, 11) is 0. The molecule has 176 valence electrons. The number of aromatic nitrogens is 5. The van der Waals surface area contributed by atoms with Crippen LogP contribution in [0.4, 0.5) is 13.2 Å². The van der Waals surface area contributed by atoms with Crippen LogP contribution in [0.3, 0.4) is 0 Å². The summed E-state index contributed by atoms with van der Waals surface area (Å²) in [6, 6.07) is 11.7. The smallest absolute Gasteiger partial charge is 0.404 e. The van der Waals surface area contributed by atoms with Gasteiger partial charge >= 0.3 is 6.36 Å². The van der Waals surface area contributed by atoms with Gasteiger partial charge in [-0.3, -0.25) is 0 Å². The number of imidazole rings is 1. The van der Waals surface area contributed by atoms with Gasteiger partial charge in [-0.25, -0.2) is 15.0 Å². The van der Waals surface area contributed by atoms with Gasteiger partial charge in [0, 0.05) is 17.3 Å². The topological polar surface area (TPSA) is 68.6 Å². The van der Waals surface area contributed by atoms with Gasteiger partial charge in [-0.2, -0.15) is 0 Å². The number of para-hydroxylation sites is 1. The molecule has 5 rings (SSSR count). The van der Waals surface area contributed by atoms with Gasteiger partial charge in [-0.1, -0.05) is 24.1 Å². The second kappa shape index (κ2) is 8.17. The number of nitrogens with zero attached hydrogens (tertiary/aromatic N) is 4. The van der Waals surface area contributed by atoms with Crippen LogP contribution in [-0.2, 0) is 5.54 Å². The van der Waals surface area contributed by atoms with E-state index in [1.807, 2.05) is 24.7 Å². The van der Waals surface area contributed by atoms with Crippen LogP contribution in [0.25, 0.3) is 33.3 Å². The Kier molecular flexibility index (Phi) is 5.24. The van der Waals surface area contributed by atoms with Crippen molar-refractivity contribution in [3.63, 3.8) is 0 Å². The van der Waals surface area contributed by atoms with E-state index in [2.05, 4.69) is 67.9 Å². The predicted molar refractivity (Wildman–Crippen MR) is 127 cm³/mol. The molecule has 0 spiro atoms. The van der Waals surface area contributed by atoms with Crippen LogP contribution in [0.5, 0.6) is 5.75 Å². The van der Waals surface area contributed by atoms with Gasteiger partial charge in [-0.15, -0.1) is 13.2 Å². The summed E-state index contributed by atoms with van der Waals surface area (Å²) in [5.41, 5.74) is 5.12. The van der Waals surface area contributed by atoms with E-state index in [9.17, 15) is 13.2 Å². The lowest BCUT2D eigenvalue weighted by molar-refractivity contribution is -0.274. The Morgan fingerprint density at radius 3 is 2.57 bits per heavy atom. The van der Waals surface area contributed by atoms with Crippen molar-refractivity contribution < 1.29 is 17.9 Å². The Hall–Kier alpha value is -4.32. The minimum atomic E-state index is -4.81. The highest BCUT2D eigenvalue weighted by atomic mass is 19.4. The summed E-state index contributed by atoms with van der Waals surface area (Å²) in [5.74, 6) is 5.15. The van der Waals surface area contributed by atoms with Crippen molar-refractivity contribution in [2.75, 3.05) is 0 Å². The molecule has 35 heavy (non-hydrogen) atoms. The van der Waals surface area contributed by atoms with E-state index in [-0.39, 0.29) is 16.9 Å². The molecule has 0 amide bonds. The number of benzene rings is 2. The number of hydrogen-bond acceptors (Lipinski definition) is 4. The van der Waals surface area contributed by atoms with E-state index in [1.54, 1.807) is 6.07 Å². The van der Waals surface area contributed by atoms with Gasteiger partial charge in [0.1, 0.15) is 17.0 Å². The Balaban J connectivity index is 1.55. The van der Waals surface area contributed by atoms with Crippen molar-refractivity contribution in [3.8, 4) is 28.7 Å². The molecule has 2 aromatic carbocycles. The highest BCUT2D eigenvalue weighted by Gasteiger charge is 2.31. The third kappa shape index (κ3) is 4.55. The fourth-order valence-corrected chi connectivity index (χ4v) is 3.80. The average molecular weight is 475 g/mol. The van der Waals surface area contributed by atoms with Crippen molar-refractivity contribution in [3.05, 3.63) is 72.4 Å². The highest BCUT2D eigenvalue weighted by molar-refractivity contribution is 5.93. The number of nitrogens with one attached hydrogen (secondary N) is 1. The first-order valence-electron chi connectivity index (χ1n) is 10.8. The molecule has 0 bridgehead atoms. The molecule has 0 saturated carbocycles. The van der Waals surface area contributed by atoms with Crippen LogP contribution >= 0.6 is 0 Å². The molecule has 0 radical (unpaired) electrons. The minimum absolute atomic E-state index is 0.0990. The summed E-state index contributed by atoms with van der Waals surface area (Å²) in [5, 5.41) is 0. The highest BCUT2D eigenvalue weighted by Crippen LogP contribution is 2.31. The molecular formula is C26H20F3N5O. The molecule has 0 fully saturated rings. The number of H-pyrrole nitrogens is 1. The van der Waals surface area contributed by atoms with E-state index in [1.165, 1.54) is 24.4 Å². The normalized spacial score (nSPS) is 12.1. The predicted octanol–water partition coefficient (Wildman–Crippen LogP) is 6.03. The van der Waals surface area contributed by atoms with E-state index < -0.39 is 6.36 Å². The van der Waals surface area contributed by atoms with Gasteiger partial charge in [0.15, 0.2) is 5.65 Å². The van der Waals surface area contributed by atoms with Crippen LogP contribution < -0.4 is 4.74 Å². The number of alkyl halides is 3. The molecule has 0 aliphatic carbocycles. The van der Waals surface area contributed by atoms with E-state index in [0.717, 1.165) is 22.2 Å². The Labute approximate surface area is 198 Å². The summed E-state index contributed by atoms with van der Waals surface area (Å²) in [6.07, 6.45) is 0.325. The average Bonchev–Trinajstić information content (AvgIpc) is 3.40. The SMILES string of the molecule is CC(C)(C)n1cnc2ccc(-c3c[nH]c4ncc(C#Cc5ccccc5OC(F)(F)F)nc34)cc21. The lowest BCUT2D eigenvalue weighted by atomic mass is 10.1. The van der Waals surface area contributed by atoms with Gasteiger partial charge < -0.3 is 14.3 Å².